The van der Waals surface area contributed by atoms with Gasteiger partial charge >= 0.3 is 17.1 Å². The molecule has 2 fully saturated rings. The van der Waals surface area contributed by atoms with Crippen LogP contribution in [0.5, 0.6) is 0 Å². The van der Waals surface area contributed by atoms with E-state index in [1.54, 1.807) is 0 Å². The van der Waals surface area contributed by atoms with Crippen LogP contribution in [0.2, 0.25) is 0 Å². The van der Waals surface area contributed by atoms with Gasteiger partial charge in [-0.25, -0.2) is 0 Å². The fraction of sp³-hybridized carbons (Fsp3) is 0.550. The van der Waals surface area contributed by atoms with Gasteiger partial charge in [-0.1, -0.05) is 75.3 Å². The first-order valence-electron chi connectivity index (χ1n) is 7.99. The molecule has 0 saturated heterocycles. The van der Waals surface area contributed by atoms with Crippen LogP contribution >= 0.6 is 0 Å². The zero-order chi connectivity index (χ0) is 13.2. The van der Waals surface area contributed by atoms with Crippen LogP contribution < -0.4 is 24.0 Å². The molecule has 1 aromatic carbocycles. The van der Waals surface area contributed by atoms with Gasteiger partial charge in [0.15, 0.2) is 0 Å². The molecule has 3 heteroatoms. The SMILES string of the molecule is C(=NCc1ccccc1)C1CCCC1.C1CCCC1.[CH3-].[CH3-].[Fe+3].[I-]. The van der Waals surface area contributed by atoms with Crippen LogP contribution in [0.3, 0.4) is 0 Å². The number of halogens is 1. The van der Waals surface area contributed by atoms with E-state index in [1.165, 1.54) is 63.4 Å². The molecule has 0 unspecified atom stereocenters. The number of nitrogens with zero attached hydrogens (tertiary/aromatic N) is 1. The van der Waals surface area contributed by atoms with Crippen LogP contribution in [0.1, 0.15) is 63.4 Å². The van der Waals surface area contributed by atoms with Gasteiger partial charge in [0.1, 0.15) is 0 Å². The van der Waals surface area contributed by atoms with Crippen LogP contribution in [0, 0.1) is 20.8 Å². The van der Waals surface area contributed by atoms with E-state index in [1.807, 2.05) is 6.07 Å². The second-order valence-electron chi connectivity index (χ2n) is 5.79. The summed E-state index contributed by atoms with van der Waals surface area (Å²) in [5, 5.41) is 0. The Morgan fingerprint density at radius 2 is 1.30 bits per heavy atom. The number of hydrogen-bond acceptors (Lipinski definition) is 1. The van der Waals surface area contributed by atoms with Crippen molar-refractivity contribution in [2.45, 2.75) is 64.3 Å². The molecule has 0 amide bonds. The minimum atomic E-state index is 0. The van der Waals surface area contributed by atoms with E-state index in [0.717, 1.165) is 12.5 Å². The first-order valence-corrected chi connectivity index (χ1v) is 7.99. The van der Waals surface area contributed by atoms with Crippen molar-refractivity contribution in [3.05, 3.63) is 50.7 Å². The third-order valence-corrected chi connectivity index (χ3v) is 4.08. The normalized spacial score (nSPS) is 16.2. The maximum Gasteiger partial charge on any atom is 3.00 e. The minimum absolute atomic E-state index is 0. The van der Waals surface area contributed by atoms with Gasteiger partial charge in [0.25, 0.3) is 0 Å². The van der Waals surface area contributed by atoms with Crippen LogP contribution in [0.25, 0.3) is 0 Å². The standard InChI is InChI=1S/C13H17N.C5H10.2CH3.Fe.HI/c1-2-6-12(7-3-1)10-14-11-13-8-4-5-9-13;1-2-4-5-3-1;;;;/h1-3,6-7,11,13H,4-5,8-10H2;1-5H2;2*1H3;;1H/q;;2*-1;+3;/p-1. The Balaban J connectivity index is -0.000000389. The molecule has 1 aromatic rings. The predicted octanol–water partition coefficient (Wildman–Crippen LogP) is 3.30. The molecule has 2 saturated carbocycles. The molecule has 0 bridgehead atoms. The average Bonchev–Trinajstić information content (AvgIpc) is 3.16. The van der Waals surface area contributed by atoms with Crippen molar-refractivity contribution in [3.8, 4) is 0 Å². The third kappa shape index (κ3) is 13.1. The van der Waals surface area contributed by atoms with Crippen molar-refractivity contribution in [2.75, 3.05) is 0 Å². The fourth-order valence-electron chi connectivity index (χ4n) is 2.88. The van der Waals surface area contributed by atoms with Gasteiger partial charge in [0, 0.05) is 6.21 Å². The Kier molecular flexibility index (Phi) is 22.5. The summed E-state index contributed by atoms with van der Waals surface area (Å²) in [4.78, 5) is 4.50. The van der Waals surface area contributed by atoms with Crippen molar-refractivity contribution < 1.29 is 41.0 Å². The average molecular weight is 470 g/mol. The maximum atomic E-state index is 4.50. The van der Waals surface area contributed by atoms with E-state index >= 15 is 0 Å². The van der Waals surface area contributed by atoms with Crippen LogP contribution in [-0.2, 0) is 23.6 Å². The summed E-state index contributed by atoms with van der Waals surface area (Å²) in [6.07, 6.45) is 15.1. The minimum Gasteiger partial charge on any atom is -1.00 e. The molecule has 2 aliphatic carbocycles. The van der Waals surface area contributed by atoms with Crippen LogP contribution in [-0.4, -0.2) is 6.21 Å². The van der Waals surface area contributed by atoms with Gasteiger partial charge in [0.05, 0.1) is 6.54 Å². The summed E-state index contributed by atoms with van der Waals surface area (Å²) < 4.78 is 0. The fourth-order valence-corrected chi connectivity index (χ4v) is 2.88. The molecule has 1 nitrogen and oxygen atoms in total. The topological polar surface area (TPSA) is 12.4 Å². The van der Waals surface area contributed by atoms with Gasteiger partial charge < -0.3 is 38.8 Å². The largest absolute Gasteiger partial charge is 3.00 e. The Morgan fingerprint density at radius 1 is 0.826 bits per heavy atom. The zero-order valence-electron chi connectivity index (χ0n) is 14.8. The Labute approximate surface area is 172 Å². The zero-order valence-corrected chi connectivity index (χ0v) is 18.1. The molecule has 133 valence electrons. The summed E-state index contributed by atoms with van der Waals surface area (Å²) in [6.45, 7) is 0.845. The van der Waals surface area contributed by atoms with E-state index < -0.39 is 0 Å². The van der Waals surface area contributed by atoms with Crippen molar-refractivity contribution in [2.24, 2.45) is 10.9 Å². The maximum absolute atomic E-state index is 4.50. The Bertz CT molecular complexity index is 350. The Morgan fingerprint density at radius 3 is 1.78 bits per heavy atom. The number of hydrogen-bond donors (Lipinski definition) is 0. The monoisotopic (exact) mass is 470 g/mol. The number of aliphatic imine (C=N–C) groups is 1. The van der Waals surface area contributed by atoms with E-state index in [2.05, 4.69) is 35.5 Å². The molecule has 0 spiro atoms. The quantitative estimate of drug-likeness (QED) is 0.279. The molecule has 23 heavy (non-hydrogen) atoms. The predicted molar refractivity (Wildman–Crippen MR) is 96.5 cm³/mol. The first-order chi connectivity index (χ1) is 9.45. The molecule has 1 radical (unpaired) electrons. The number of benzene rings is 1. The van der Waals surface area contributed by atoms with Crippen LogP contribution in [0.15, 0.2) is 35.3 Å². The molecule has 3 rings (SSSR count). The molecule has 0 N–H and O–H groups in total. The van der Waals surface area contributed by atoms with Gasteiger partial charge in [-0.05, 0) is 24.3 Å². The van der Waals surface area contributed by atoms with Crippen molar-refractivity contribution in [1.82, 2.24) is 0 Å². The molecule has 2 aliphatic rings. The van der Waals surface area contributed by atoms with Crippen molar-refractivity contribution in [3.63, 3.8) is 0 Å². The van der Waals surface area contributed by atoms with Crippen LogP contribution in [0.4, 0.5) is 0 Å². The van der Waals surface area contributed by atoms with E-state index in [9.17, 15) is 0 Å². The summed E-state index contributed by atoms with van der Waals surface area (Å²) in [6, 6.07) is 10.4. The summed E-state index contributed by atoms with van der Waals surface area (Å²) in [5.74, 6) is 0.763. The second kappa shape index (κ2) is 18.5. The molecule has 0 aliphatic heterocycles. The first kappa shape index (κ1) is 28.0. The van der Waals surface area contributed by atoms with Gasteiger partial charge in [-0.3, -0.25) is 4.99 Å². The number of rotatable bonds is 3. The third-order valence-electron chi connectivity index (χ3n) is 4.08. The molecular weight excluding hydrogens is 437 g/mol. The summed E-state index contributed by atoms with van der Waals surface area (Å²) >= 11 is 0. The van der Waals surface area contributed by atoms with Crippen molar-refractivity contribution in [1.29, 1.82) is 0 Å². The van der Waals surface area contributed by atoms with E-state index in [4.69, 9.17) is 0 Å². The second-order valence-corrected chi connectivity index (χ2v) is 5.79. The van der Waals surface area contributed by atoms with Gasteiger partial charge in [0.2, 0.25) is 0 Å². The van der Waals surface area contributed by atoms with Crippen molar-refractivity contribution >= 4 is 6.21 Å². The molecule has 0 atom stereocenters. The summed E-state index contributed by atoms with van der Waals surface area (Å²) in [7, 11) is 0. The van der Waals surface area contributed by atoms with Gasteiger partial charge in [-0.15, -0.1) is 0 Å². The Hall–Kier alpha value is 0.139. The van der Waals surface area contributed by atoms with Gasteiger partial charge in [-0.2, -0.15) is 0 Å². The van der Waals surface area contributed by atoms with E-state index in [0.29, 0.717) is 0 Å². The molecule has 0 heterocycles. The van der Waals surface area contributed by atoms with E-state index in [-0.39, 0.29) is 55.9 Å². The molecule has 0 aromatic heterocycles. The smallest absolute Gasteiger partial charge is 1.00 e. The molecular formula is C20H33FeIN. The summed E-state index contributed by atoms with van der Waals surface area (Å²) in [5.41, 5.74) is 1.31.